The highest BCUT2D eigenvalue weighted by Crippen LogP contribution is 2.20. The summed E-state index contributed by atoms with van der Waals surface area (Å²) in [5.41, 5.74) is 1.67. The topological polar surface area (TPSA) is 63.1 Å². The van der Waals surface area contributed by atoms with Gasteiger partial charge in [0.05, 0.1) is 11.3 Å². The van der Waals surface area contributed by atoms with E-state index in [1.54, 1.807) is 19.1 Å². The molecule has 104 valence electrons. The molecule has 0 atom stereocenters. The number of carbonyl (C=O) groups is 1. The fourth-order valence-electron chi connectivity index (χ4n) is 1.89. The number of aryl methyl sites for hydroxylation is 2. The third kappa shape index (κ3) is 2.82. The van der Waals surface area contributed by atoms with Crippen molar-refractivity contribution in [3.63, 3.8) is 0 Å². The Morgan fingerprint density at radius 1 is 1.40 bits per heavy atom. The summed E-state index contributed by atoms with van der Waals surface area (Å²) in [5.74, 6) is -1.03. The largest absolute Gasteiger partial charge is 0.478 e. The van der Waals surface area contributed by atoms with Crippen LogP contribution in [0.25, 0.3) is 11.4 Å². The number of hydrogen-bond acceptors (Lipinski definition) is 3. The van der Waals surface area contributed by atoms with Crippen LogP contribution in [0.2, 0.25) is 0 Å². The third-order valence-corrected chi connectivity index (χ3v) is 3.01. The van der Waals surface area contributed by atoms with Gasteiger partial charge < -0.3 is 5.11 Å². The van der Waals surface area contributed by atoms with Gasteiger partial charge in [-0.25, -0.2) is 19.2 Å². The summed E-state index contributed by atoms with van der Waals surface area (Å²) in [6, 6.07) is 4.74. The lowest BCUT2D eigenvalue weighted by atomic mass is 10.1. The highest BCUT2D eigenvalue weighted by atomic mass is 19.1. The molecule has 4 nitrogen and oxygen atoms in total. The van der Waals surface area contributed by atoms with Crippen LogP contribution in [0.4, 0.5) is 4.39 Å². The van der Waals surface area contributed by atoms with Crippen LogP contribution in [-0.2, 0) is 6.42 Å². The molecule has 1 aromatic carbocycles. The van der Waals surface area contributed by atoms with Crippen molar-refractivity contribution in [3.8, 4) is 11.4 Å². The third-order valence-electron chi connectivity index (χ3n) is 3.01. The highest BCUT2D eigenvalue weighted by molar-refractivity contribution is 5.88. The van der Waals surface area contributed by atoms with Gasteiger partial charge in [-0.05, 0) is 25.0 Å². The number of carboxylic acid groups (broad SMARTS) is 1. The zero-order chi connectivity index (χ0) is 14.7. The molecule has 0 aliphatic heterocycles. The van der Waals surface area contributed by atoms with Crippen molar-refractivity contribution in [1.82, 2.24) is 9.97 Å². The molecule has 0 aliphatic rings. The van der Waals surface area contributed by atoms with Crippen molar-refractivity contribution >= 4 is 5.97 Å². The second-order valence-corrected chi connectivity index (χ2v) is 4.57. The standard InChI is InChI=1S/C15H15FN2O2/c1-3-4-13-11(15(19)20)8-17-14(18-13)10-6-5-9(2)12(16)7-10/h5-8H,3-4H2,1-2H3,(H,19,20). The van der Waals surface area contributed by atoms with Gasteiger partial charge in [0, 0.05) is 11.8 Å². The van der Waals surface area contributed by atoms with Crippen molar-refractivity contribution < 1.29 is 14.3 Å². The van der Waals surface area contributed by atoms with Crippen LogP contribution in [0.15, 0.2) is 24.4 Å². The Labute approximate surface area is 116 Å². The van der Waals surface area contributed by atoms with E-state index in [1.165, 1.54) is 12.3 Å². The molecular weight excluding hydrogens is 259 g/mol. The molecule has 2 aromatic rings. The molecule has 5 heteroatoms. The van der Waals surface area contributed by atoms with Crippen LogP contribution < -0.4 is 0 Å². The molecular formula is C15H15FN2O2. The van der Waals surface area contributed by atoms with Crippen molar-refractivity contribution in [1.29, 1.82) is 0 Å². The van der Waals surface area contributed by atoms with E-state index in [9.17, 15) is 9.18 Å². The minimum absolute atomic E-state index is 0.100. The zero-order valence-electron chi connectivity index (χ0n) is 11.4. The first-order valence-corrected chi connectivity index (χ1v) is 6.38. The molecule has 0 radical (unpaired) electrons. The number of halogens is 1. The quantitative estimate of drug-likeness (QED) is 0.929. The number of hydrogen-bond donors (Lipinski definition) is 1. The molecule has 1 aromatic heterocycles. The Hall–Kier alpha value is -2.30. The smallest absolute Gasteiger partial charge is 0.339 e. The maximum Gasteiger partial charge on any atom is 0.339 e. The lowest BCUT2D eigenvalue weighted by Gasteiger charge is -2.07. The lowest BCUT2D eigenvalue weighted by Crippen LogP contribution is -2.07. The molecule has 0 fully saturated rings. The van der Waals surface area contributed by atoms with E-state index in [4.69, 9.17) is 5.11 Å². The molecule has 2 rings (SSSR count). The summed E-state index contributed by atoms with van der Waals surface area (Å²) in [6.45, 7) is 3.62. The molecule has 1 N–H and O–H groups in total. The van der Waals surface area contributed by atoms with Crippen molar-refractivity contribution in [2.45, 2.75) is 26.7 Å². The van der Waals surface area contributed by atoms with E-state index in [1.807, 2.05) is 6.92 Å². The highest BCUT2D eigenvalue weighted by Gasteiger charge is 2.14. The Balaban J connectivity index is 2.49. The zero-order valence-corrected chi connectivity index (χ0v) is 11.4. The van der Waals surface area contributed by atoms with Gasteiger partial charge >= 0.3 is 5.97 Å². The van der Waals surface area contributed by atoms with Crippen LogP contribution in [0.5, 0.6) is 0 Å². The minimum atomic E-state index is -1.05. The summed E-state index contributed by atoms with van der Waals surface area (Å²) in [7, 11) is 0. The van der Waals surface area contributed by atoms with Crippen molar-refractivity contribution in [2.75, 3.05) is 0 Å². The minimum Gasteiger partial charge on any atom is -0.478 e. The fourth-order valence-corrected chi connectivity index (χ4v) is 1.89. The van der Waals surface area contributed by atoms with E-state index in [0.717, 1.165) is 6.42 Å². The second-order valence-electron chi connectivity index (χ2n) is 4.57. The fraction of sp³-hybridized carbons (Fsp3) is 0.267. The number of aromatic nitrogens is 2. The average Bonchev–Trinajstić information content (AvgIpc) is 2.42. The van der Waals surface area contributed by atoms with Gasteiger partial charge in [-0.15, -0.1) is 0 Å². The van der Waals surface area contributed by atoms with E-state index in [-0.39, 0.29) is 11.4 Å². The summed E-state index contributed by atoms with van der Waals surface area (Å²) < 4.78 is 13.6. The van der Waals surface area contributed by atoms with Crippen LogP contribution >= 0.6 is 0 Å². The van der Waals surface area contributed by atoms with Crippen LogP contribution in [-0.4, -0.2) is 21.0 Å². The Morgan fingerprint density at radius 2 is 2.15 bits per heavy atom. The Morgan fingerprint density at radius 3 is 2.75 bits per heavy atom. The van der Waals surface area contributed by atoms with Gasteiger partial charge in [0.1, 0.15) is 5.82 Å². The number of benzene rings is 1. The number of nitrogens with zero attached hydrogens (tertiary/aromatic N) is 2. The molecule has 0 saturated carbocycles. The Kier molecular flexibility index (Phi) is 4.08. The molecule has 0 saturated heterocycles. The maximum atomic E-state index is 13.6. The summed E-state index contributed by atoms with van der Waals surface area (Å²) in [5, 5.41) is 9.09. The van der Waals surface area contributed by atoms with Crippen LogP contribution in [0.3, 0.4) is 0 Å². The predicted octanol–water partition coefficient (Wildman–Crippen LogP) is 3.24. The first kappa shape index (κ1) is 14.1. The normalized spacial score (nSPS) is 10.6. The van der Waals surface area contributed by atoms with E-state index in [2.05, 4.69) is 9.97 Å². The van der Waals surface area contributed by atoms with Gasteiger partial charge in [0.15, 0.2) is 5.82 Å². The van der Waals surface area contributed by atoms with Crippen LogP contribution in [0, 0.1) is 12.7 Å². The number of carboxylic acids is 1. The predicted molar refractivity (Wildman–Crippen MR) is 73.1 cm³/mol. The molecule has 0 bridgehead atoms. The molecule has 0 spiro atoms. The number of aromatic carboxylic acids is 1. The van der Waals surface area contributed by atoms with Gasteiger partial charge in [0.2, 0.25) is 0 Å². The van der Waals surface area contributed by atoms with Gasteiger partial charge in [-0.3, -0.25) is 0 Å². The van der Waals surface area contributed by atoms with Gasteiger partial charge in [-0.2, -0.15) is 0 Å². The lowest BCUT2D eigenvalue weighted by molar-refractivity contribution is 0.0694. The van der Waals surface area contributed by atoms with Crippen molar-refractivity contribution in [2.24, 2.45) is 0 Å². The molecule has 1 heterocycles. The maximum absolute atomic E-state index is 13.6. The van der Waals surface area contributed by atoms with Gasteiger partial charge in [-0.1, -0.05) is 25.5 Å². The SMILES string of the molecule is CCCc1nc(-c2ccc(C)c(F)c2)ncc1C(=O)O. The first-order chi connectivity index (χ1) is 9.52. The van der Waals surface area contributed by atoms with E-state index < -0.39 is 5.97 Å². The Bertz CT molecular complexity index is 656. The first-order valence-electron chi connectivity index (χ1n) is 6.38. The van der Waals surface area contributed by atoms with Crippen LogP contribution in [0.1, 0.15) is 35.0 Å². The average molecular weight is 274 g/mol. The number of rotatable bonds is 4. The summed E-state index contributed by atoms with van der Waals surface area (Å²) >= 11 is 0. The molecule has 20 heavy (non-hydrogen) atoms. The van der Waals surface area contributed by atoms with Gasteiger partial charge in [0.25, 0.3) is 0 Å². The van der Waals surface area contributed by atoms with E-state index >= 15 is 0 Å². The monoisotopic (exact) mass is 274 g/mol. The second kappa shape index (κ2) is 5.77. The molecule has 0 aliphatic carbocycles. The van der Waals surface area contributed by atoms with Crippen molar-refractivity contribution in [3.05, 3.63) is 47.0 Å². The molecule has 0 amide bonds. The summed E-state index contributed by atoms with van der Waals surface area (Å²) in [6.07, 6.45) is 2.61. The summed E-state index contributed by atoms with van der Waals surface area (Å²) in [4.78, 5) is 19.4. The molecule has 0 unspecified atom stereocenters. The van der Waals surface area contributed by atoms with E-state index in [0.29, 0.717) is 29.1 Å².